The molecule has 2 aromatic carbocycles. The van der Waals surface area contributed by atoms with Crippen LogP contribution in [0.2, 0.25) is 0 Å². The third kappa shape index (κ3) is 3.99. The molecule has 1 aliphatic heterocycles. The number of amides is 1. The minimum atomic E-state index is -0.260. The molecule has 1 amide bonds. The van der Waals surface area contributed by atoms with Gasteiger partial charge in [0.25, 0.3) is 5.91 Å². The second-order valence-electron chi connectivity index (χ2n) is 7.58. The number of rotatable bonds is 5. The van der Waals surface area contributed by atoms with Crippen molar-refractivity contribution in [3.63, 3.8) is 0 Å². The SMILES string of the molecule is COCc1c(C(=O)Nc2ccc(N3CCN(C)CC3)cc2C)oc2ccccc12. The summed E-state index contributed by atoms with van der Waals surface area (Å²) in [7, 11) is 3.77. The molecule has 0 unspecified atom stereocenters. The van der Waals surface area contributed by atoms with Crippen LogP contribution in [-0.2, 0) is 11.3 Å². The molecule has 1 aliphatic rings. The van der Waals surface area contributed by atoms with Gasteiger partial charge in [-0.1, -0.05) is 18.2 Å². The molecule has 2 heterocycles. The number of carbonyl (C=O) groups is 1. The number of likely N-dealkylation sites (N-methyl/N-ethyl adjacent to an activating group) is 1. The van der Waals surface area contributed by atoms with E-state index in [4.69, 9.17) is 9.15 Å². The van der Waals surface area contributed by atoms with Gasteiger partial charge in [0.05, 0.1) is 6.61 Å². The van der Waals surface area contributed by atoms with Gasteiger partial charge in [0.15, 0.2) is 5.76 Å². The summed E-state index contributed by atoms with van der Waals surface area (Å²) in [5, 5.41) is 3.91. The Kier molecular flexibility index (Phi) is 5.56. The van der Waals surface area contributed by atoms with Gasteiger partial charge >= 0.3 is 0 Å². The number of fused-ring (bicyclic) bond motifs is 1. The third-order valence-electron chi connectivity index (χ3n) is 5.52. The fraction of sp³-hybridized carbons (Fsp3) is 0.348. The Morgan fingerprint density at radius 3 is 2.62 bits per heavy atom. The third-order valence-corrected chi connectivity index (χ3v) is 5.52. The molecule has 152 valence electrons. The number of hydrogen-bond acceptors (Lipinski definition) is 5. The molecular weight excluding hydrogens is 366 g/mol. The van der Waals surface area contributed by atoms with Crippen LogP contribution < -0.4 is 10.2 Å². The summed E-state index contributed by atoms with van der Waals surface area (Å²) < 4.78 is 11.2. The highest BCUT2D eigenvalue weighted by Gasteiger charge is 2.21. The first-order valence-electron chi connectivity index (χ1n) is 9.91. The van der Waals surface area contributed by atoms with E-state index in [-0.39, 0.29) is 5.91 Å². The molecule has 1 N–H and O–H groups in total. The predicted molar refractivity (Wildman–Crippen MR) is 116 cm³/mol. The zero-order chi connectivity index (χ0) is 20.4. The molecule has 6 nitrogen and oxygen atoms in total. The van der Waals surface area contributed by atoms with Crippen molar-refractivity contribution < 1.29 is 13.9 Å². The Balaban J connectivity index is 1.56. The van der Waals surface area contributed by atoms with Crippen molar-refractivity contribution in [2.45, 2.75) is 13.5 Å². The van der Waals surface area contributed by atoms with Crippen LogP contribution >= 0.6 is 0 Å². The topological polar surface area (TPSA) is 58.0 Å². The van der Waals surface area contributed by atoms with Crippen LogP contribution in [0, 0.1) is 6.92 Å². The largest absolute Gasteiger partial charge is 0.451 e. The van der Waals surface area contributed by atoms with Gasteiger partial charge in [-0.25, -0.2) is 0 Å². The molecule has 0 radical (unpaired) electrons. The van der Waals surface area contributed by atoms with Gasteiger partial charge < -0.3 is 24.3 Å². The molecular formula is C23H27N3O3. The second-order valence-corrected chi connectivity index (χ2v) is 7.58. The number of methoxy groups -OCH3 is 1. The number of para-hydroxylation sites is 1. The number of ether oxygens (including phenoxy) is 1. The van der Waals surface area contributed by atoms with Crippen molar-refractivity contribution >= 4 is 28.3 Å². The summed E-state index contributed by atoms with van der Waals surface area (Å²) in [5.74, 6) is 0.0410. The highest BCUT2D eigenvalue weighted by atomic mass is 16.5. The number of benzene rings is 2. The number of aryl methyl sites for hydroxylation is 1. The summed E-state index contributed by atoms with van der Waals surface area (Å²) in [4.78, 5) is 17.7. The van der Waals surface area contributed by atoms with E-state index in [1.165, 1.54) is 5.69 Å². The first-order valence-corrected chi connectivity index (χ1v) is 9.91. The zero-order valence-electron chi connectivity index (χ0n) is 17.2. The van der Waals surface area contributed by atoms with Crippen LogP contribution in [0.5, 0.6) is 0 Å². The summed E-state index contributed by atoms with van der Waals surface area (Å²) in [5.41, 5.74) is 4.47. The lowest BCUT2D eigenvalue weighted by Crippen LogP contribution is -2.44. The van der Waals surface area contributed by atoms with E-state index >= 15 is 0 Å². The van der Waals surface area contributed by atoms with Gasteiger partial charge in [-0.2, -0.15) is 0 Å². The first-order chi connectivity index (χ1) is 14.1. The highest BCUT2D eigenvalue weighted by molar-refractivity contribution is 6.06. The average molecular weight is 393 g/mol. The normalized spacial score (nSPS) is 15.1. The molecule has 0 spiro atoms. The lowest BCUT2D eigenvalue weighted by atomic mass is 10.1. The maximum absolute atomic E-state index is 13.0. The van der Waals surface area contributed by atoms with E-state index in [0.29, 0.717) is 18.0 Å². The minimum Gasteiger partial charge on any atom is -0.451 e. The van der Waals surface area contributed by atoms with E-state index in [9.17, 15) is 4.79 Å². The molecule has 0 aliphatic carbocycles. The first kappa shape index (κ1) is 19.5. The van der Waals surface area contributed by atoms with Crippen molar-refractivity contribution in [3.05, 3.63) is 59.4 Å². The quantitative estimate of drug-likeness (QED) is 0.713. The number of furan rings is 1. The highest BCUT2D eigenvalue weighted by Crippen LogP contribution is 2.29. The molecule has 0 atom stereocenters. The lowest BCUT2D eigenvalue weighted by molar-refractivity contribution is 0.0992. The second kappa shape index (κ2) is 8.27. The van der Waals surface area contributed by atoms with E-state index in [1.54, 1.807) is 7.11 Å². The van der Waals surface area contributed by atoms with E-state index in [1.807, 2.05) is 37.3 Å². The maximum Gasteiger partial charge on any atom is 0.291 e. The Bertz CT molecular complexity index is 1020. The van der Waals surface area contributed by atoms with E-state index in [0.717, 1.165) is 48.4 Å². The number of nitrogens with zero attached hydrogens (tertiary/aromatic N) is 2. The van der Waals surface area contributed by atoms with Crippen molar-refractivity contribution in [3.8, 4) is 0 Å². The minimum absolute atomic E-state index is 0.260. The van der Waals surface area contributed by atoms with Gasteiger partial charge in [0, 0.05) is 55.6 Å². The molecule has 6 heteroatoms. The average Bonchev–Trinajstić information content (AvgIpc) is 3.09. The van der Waals surface area contributed by atoms with Gasteiger partial charge in [-0.05, 0) is 43.8 Å². The number of piperazine rings is 1. The predicted octanol–water partition coefficient (Wildman–Crippen LogP) is 3.89. The van der Waals surface area contributed by atoms with Gasteiger partial charge in [0.2, 0.25) is 0 Å². The van der Waals surface area contributed by atoms with Crippen LogP contribution in [0.4, 0.5) is 11.4 Å². The van der Waals surface area contributed by atoms with Crippen molar-refractivity contribution in [2.24, 2.45) is 0 Å². The molecule has 1 saturated heterocycles. The zero-order valence-corrected chi connectivity index (χ0v) is 17.2. The van der Waals surface area contributed by atoms with Crippen LogP contribution in [-0.4, -0.2) is 51.1 Å². The standard InChI is InChI=1S/C23H27N3O3/c1-16-14-17(26-12-10-25(2)11-13-26)8-9-20(16)24-23(27)22-19(15-28-3)18-6-4-5-7-21(18)29-22/h4-9,14H,10-13,15H2,1-3H3,(H,24,27). The number of nitrogens with one attached hydrogen (secondary N) is 1. The Hall–Kier alpha value is -2.83. The van der Waals surface area contributed by atoms with Crippen LogP contribution in [0.15, 0.2) is 46.9 Å². The Morgan fingerprint density at radius 1 is 1.14 bits per heavy atom. The molecule has 3 aromatic rings. The smallest absolute Gasteiger partial charge is 0.291 e. The lowest BCUT2D eigenvalue weighted by Gasteiger charge is -2.34. The van der Waals surface area contributed by atoms with Gasteiger partial charge in [0.1, 0.15) is 5.58 Å². The summed E-state index contributed by atoms with van der Waals surface area (Å²) in [6.45, 7) is 6.49. The fourth-order valence-electron chi connectivity index (χ4n) is 3.80. The summed E-state index contributed by atoms with van der Waals surface area (Å²) in [6.07, 6.45) is 0. The monoisotopic (exact) mass is 393 g/mol. The molecule has 1 aromatic heterocycles. The maximum atomic E-state index is 13.0. The number of hydrogen-bond donors (Lipinski definition) is 1. The molecule has 0 bridgehead atoms. The van der Waals surface area contributed by atoms with Gasteiger partial charge in [-0.3, -0.25) is 4.79 Å². The van der Waals surface area contributed by atoms with Crippen LogP contribution in [0.3, 0.4) is 0 Å². The molecule has 0 saturated carbocycles. The number of anilines is 2. The molecule has 4 rings (SSSR count). The summed E-state index contributed by atoms with van der Waals surface area (Å²) in [6, 6.07) is 13.8. The van der Waals surface area contributed by atoms with Crippen LogP contribution in [0.25, 0.3) is 11.0 Å². The van der Waals surface area contributed by atoms with Crippen molar-refractivity contribution in [1.82, 2.24) is 4.90 Å². The number of carbonyl (C=O) groups excluding carboxylic acids is 1. The summed E-state index contributed by atoms with van der Waals surface area (Å²) >= 11 is 0. The van der Waals surface area contributed by atoms with E-state index in [2.05, 4.69) is 34.3 Å². The Morgan fingerprint density at radius 2 is 1.90 bits per heavy atom. The molecule has 1 fully saturated rings. The van der Waals surface area contributed by atoms with E-state index < -0.39 is 0 Å². The van der Waals surface area contributed by atoms with Gasteiger partial charge in [-0.15, -0.1) is 0 Å². The van der Waals surface area contributed by atoms with Crippen molar-refractivity contribution in [1.29, 1.82) is 0 Å². The Labute approximate surface area is 171 Å². The molecule has 29 heavy (non-hydrogen) atoms. The fourth-order valence-corrected chi connectivity index (χ4v) is 3.80. The van der Waals surface area contributed by atoms with Crippen molar-refractivity contribution in [2.75, 3.05) is 50.6 Å². The van der Waals surface area contributed by atoms with Crippen LogP contribution in [0.1, 0.15) is 21.7 Å².